The van der Waals surface area contributed by atoms with Crippen LogP contribution in [0.3, 0.4) is 0 Å². The quantitative estimate of drug-likeness (QED) is 0.547. The fourth-order valence-electron chi connectivity index (χ4n) is 0. The lowest BCUT2D eigenvalue weighted by Crippen LogP contribution is -1.90. The van der Waals surface area contributed by atoms with Gasteiger partial charge in [-0.1, -0.05) is 32.8 Å². The van der Waals surface area contributed by atoms with Gasteiger partial charge < -0.3 is 5.73 Å². The van der Waals surface area contributed by atoms with Crippen LogP contribution in [0.5, 0.6) is 0 Å². The largest absolute Gasteiger partial charge is 0.327 e. The molecular formula is C7H17N. The zero-order valence-corrected chi connectivity index (χ0v) is 5.98. The fourth-order valence-corrected chi connectivity index (χ4v) is 0. The molecule has 0 radical (unpaired) electrons. The van der Waals surface area contributed by atoms with Crippen molar-refractivity contribution in [3.05, 3.63) is 12.7 Å². The molecule has 0 aliphatic rings. The summed E-state index contributed by atoms with van der Waals surface area (Å²) in [5.74, 6) is 0. The molecule has 0 bridgehead atoms. The predicted molar refractivity (Wildman–Crippen MR) is 39.8 cm³/mol. The van der Waals surface area contributed by atoms with E-state index in [0.29, 0.717) is 6.54 Å². The molecule has 1 nitrogen and oxygen atoms in total. The summed E-state index contributed by atoms with van der Waals surface area (Å²) in [5, 5.41) is 0. The van der Waals surface area contributed by atoms with Crippen LogP contribution in [-0.4, -0.2) is 6.54 Å². The standard InChI is InChI=1S/C4H10.C3H7N/c1-3-4-2;1-2-3-4/h3-4H2,1-2H3;2H,1,3-4H2. The van der Waals surface area contributed by atoms with Crippen LogP contribution < -0.4 is 5.73 Å². The SMILES string of the molecule is C=CCN.CCCC. The van der Waals surface area contributed by atoms with E-state index in [1.54, 1.807) is 6.08 Å². The Balaban J connectivity index is 0. The van der Waals surface area contributed by atoms with E-state index < -0.39 is 0 Å². The first kappa shape index (κ1) is 10.6. The number of rotatable bonds is 2. The minimum Gasteiger partial charge on any atom is -0.327 e. The maximum atomic E-state index is 4.91. The first-order valence-corrected chi connectivity index (χ1v) is 3.14. The van der Waals surface area contributed by atoms with Gasteiger partial charge in [-0.2, -0.15) is 0 Å². The highest BCUT2D eigenvalue weighted by atomic mass is 14.5. The fraction of sp³-hybridized carbons (Fsp3) is 0.714. The Labute approximate surface area is 52.6 Å². The monoisotopic (exact) mass is 115 g/mol. The molecule has 0 aliphatic carbocycles. The van der Waals surface area contributed by atoms with Crippen molar-refractivity contribution in [3.8, 4) is 0 Å². The molecule has 8 heavy (non-hydrogen) atoms. The Morgan fingerprint density at radius 2 is 1.62 bits per heavy atom. The molecule has 0 aliphatic heterocycles. The third kappa shape index (κ3) is 43.6. The van der Waals surface area contributed by atoms with E-state index in [4.69, 9.17) is 5.73 Å². The van der Waals surface area contributed by atoms with Crippen LogP contribution in [-0.2, 0) is 0 Å². The highest BCUT2D eigenvalue weighted by Gasteiger charge is 1.56. The number of nitrogens with two attached hydrogens (primary N) is 1. The predicted octanol–water partition coefficient (Wildman–Crippen LogP) is 1.94. The lowest BCUT2D eigenvalue weighted by atomic mass is 10.4. The summed E-state index contributed by atoms with van der Waals surface area (Å²) in [6.07, 6.45) is 4.29. The third-order valence-electron chi connectivity index (χ3n) is 0.667. The maximum Gasteiger partial charge on any atom is 0.0104 e. The number of hydrogen-bond acceptors (Lipinski definition) is 1. The van der Waals surface area contributed by atoms with E-state index in [1.807, 2.05) is 0 Å². The number of hydrogen-bond donors (Lipinski definition) is 1. The van der Waals surface area contributed by atoms with E-state index in [9.17, 15) is 0 Å². The van der Waals surface area contributed by atoms with Crippen molar-refractivity contribution in [1.29, 1.82) is 0 Å². The van der Waals surface area contributed by atoms with E-state index in [0.717, 1.165) is 0 Å². The molecule has 50 valence electrons. The molecule has 2 N–H and O–H groups in total. The molecule has 0 unspecified atom stereocenters. The van der Waals surface area contributed by atoms with Crippen molar-refractivity contribution in [3.63, 3.8) is 0 Å². The van der Waals surface area contributed by atoms with Gasteiger partial charge in [-0.25, -0.2) is 0 Å². The van der Waals surface area contributed by atoms with Crippen LogP contribution in [0.4, 0.5) is 0 Å². The van der Waals surface area contributed by atoms with Gasteiger partial charge in [0.2, 0.25) is 0 Å². The highest BCUT2D eigenvalue weighted by molar-refractivity contribution is 4.64. The minimum absolute atomic E-state index is 0.583. The maximum absolute atomic E-state index is 4.91. The van der Waals surface area contributed by atoms with Gasteiger partial charge in [0.1, 0.15) is 0 Å². The number of unbranched alkanes of at least 4 members (excludes halogenated alkanes) is 1. The van der Waals surface area contributed by atoms with Crippen molar-refractivity contribution in [2.45, 2.75) is 26.7 Å². The summed E-state index contributed by atoms with van der Waals surface area (Å²) in [7, 11) is 0. The van der Waals surface area contributed by atoms with Crippen LogP contribution in [0.2, 0.25) is 0 Å². The highest BCUT2D eigenvalue weighted by Crippen LogP contribution is 1.76. The second-order valence-electron chi connectivity index (χ2n) is 1.52. The Kier molecular flexibility index (Phi) is 21.1. The first-order chi connectivity index (χ1) is 3.83. The van der Waals surface area contributed by atoms with Gasteiger partial charge in [-0.3, -0.25) is 0 Å². The summed E-state index contributed by atoms with van der Waals surface area (Å²) in [4.78, 5) is 0. The Morgan fingerprint density at radius 3 is 1.62 bits per heavy atom. The van der Waals surface area contributed by atoms with Gasteiger partial charge in [0.15, 0.2) is 0 Å². The Hall–Kier alpha value is -0.300. The summed E-state index contributed by atoms with van der Waals surface area (Å²) >= 11 is 0. The van der Waals surface area contributed by atoms with E-state index in [2.05, 4.69) is 20.4 Å². The van der Waals surface area contributed by atoms with Crippen molar-refractivity contribution < 1.29 is 0 Å². The average Bonchev–Trinajstić information content (AvgIpc) is 1.88. The van der Waals surface area contributed by atoms with Gasteiger partial charge >= 0.3 is 0 Å². The molecular weight excluding hydrogens is 98.1 g/mol. The van der Waals surface area contributed by atoms with E-state index >= 15 is 0 Å². The van der Waals surface area contributed by atoms with Crippen molar-refractivity contribution in [2.24, 2.45) is 5.73 Å². The topological polar surface area (TPSA) is 26.0 Å². The van der Waals surface area contributed by atoms with Gasteiger partial charge in [0, 0.05) is 6.54 Å². The smallest absolute Gasteiger partial charge is 0.0104 e. The van der Waals surface area contributed by atoms with Crippen LogP contribution in [0.25, 0.3) is 0 Å². The van der Waals surface area contributed by atoms with Gasteiger partial charge in [-0.05, 0) is 0 Å². The summed E-state index contributed by atoms with van der Waals surface area (Å²) < 4.78 is 0. The van der Waals surface area contributed by atoms with Crippen molar-refractivity contribution >= 4 is 0 Å². The molecule has 0 aromatic carbocycles. The lowest BCUT2D eigenvalue weighted by Gasteiger charge is -1.68. The van der Waals surface area contributed by atoms with Crippen molar-refractivity contribution in [1.82, 2.24) is 0 Å². The molecule has 0 saturated carbocycles. The summed E-state index contributed by atoms with van der Waals surface area (Å²) in [6, 6.07) is 0. The second kappa shape index (κ2) is 15.9. The molecule has 0 spiro atoms. The van der Waals surface area contributed by atoms with Crippen LogP contribution in [0.1, 0.15) is 26.7 Å². The summed E-state index contributed by atoms with van der Waals surface area (Å²) in [6.45, 7) is 8.30. The molecule has 0 aromatic heterocycles. The minimum atomic E-state index is 0.583. The van der Waals surface area contributed by atoms with E-state index in [-0.39, 0.29) is 0 Å². The van der Waals surface area contributed by atoms with Gasteiger partial charge in [0.25, 0.3) is 0 Å². The Morgan fingerprint density at radius 1 is 1.38 bits per heavy atom. The molecule has 1 heteroatoms. The molecule has 0 aromatic rings. The normalized spacial score (nSPS) is 6.88. The zero-order chi connectivity index (χ0) is 6.83. The summed E-state index contributed by atoms with van der Waals surface area (Å²) in [5.41, 5.74) is 4.91. The zero-order valence-electron chi connectivity index (χ0n) is 5.98. The Bertz CT molecular complexity index is 31.4. The van der Waals surface area contributed by atoms with Gasteiger partial charge in [0.05, 0.1) is 0 Å². The second-order valence-corrected chi connectivity index (χ2v) is 1.52. The van der Waals surface area contributed by atoms with Crippen molar-refractivity contribution in [2.75, 3.05) is 6.54 Å². The lowest BCUT2D eigenvalue weighted by molar-refractivity contribution is 0.886. The van der Waals surface area contributed by atoms with Crippen LogP contribution in [0, 0.1) is 0 Å². The molecule has 0 saturated heterocycles. The first-order valence-electron chi connectivity index (χ1n) is 3.14. The van der Waals surface area contributed by atoms with Crippen LogP contribution >= 0.6 is 0 Å². The van der Waals surface area contributed by atoms with Gasteiger partial charge in [-0.15, -0.1) is 6.58 Å². The van der Waals surface area contributed by atoms with E-state index in [1.165, 1.54) is 12.8 Å². The molecule has 0 heterocycles. The average molecular weight is 115 g/mol. The molecule has 0 fully saturated rings. The molecule has 0 rings (SSSR count). The molecule has 0 amide bonds. The third-order valence-corrected chi connectivity index (χ3v) is 0.667. The van der Waals surface area contributed by atoms with Crippen LogP contribution in [0.15, 0.2) is 12.7 Å². The molecule has 0 atom stereocenters.